The highest BCUT2D eigenvalue weighted by atomic mass is 32.2. The third-order valence-electron chi connectivity index (χ3n) is 5.07. The Hall–Kier alpha value is -2.23. The zero-order valence-corrected chi connectivity index (χ0v) is 18.2. The zero-order chi connectivity index (χ0) is 21.0. The summed E-state index contributed by atoms with van der Waals surface area (Å²) in [7, 11) is -3.64. The molecule has 0 saturated carbocycles. The van der Waals surface area contributed by atoms with Crippen LogP contribution in [-0.4, -0.2) is 68.7 Å². The summed E-state index contributed by atoms with van der Waals surface area (Å²) >= 11 is 1.65. The molecule has 2 aromatic carbocycles. The van der Waals surface area contributed by atoms with Gasteiger partial charge in [-0.05, 0) is 24.3 Å². The third-order valence-corrected chi connectivity index (χ3v) is 7.98. The molecule has 0 radical (unpaired) electrons. The number of hydrogen-bond acceptors (Lipinski definition) is 6. The molecule has 0 spiro atoms. The van der Waals surface area contributed by atoms with Gasteiger partial charge >= 0.3 is 0 Å². The van der Waals surface area contributed by atoms with Crippen LogP contribution in [0.25, 0.3) is 0 Å². The van der Waals surface area contributed by atoms with Crippen molar-refractivity contribution in [1.29, 1.82) is 0 Å². The van der Waals surface area contributed by atoms with Gasteiger partial charge in [-0.25, -0.2) is 8.42 Å². The van der Waals surface area contributed by atoms with Gasteiger partial charge in [0.2, 0.25) is 15.9 Å². The van der Waals surface area contributed by atoms with Gasteiger partial charge in [0.1, 0.15) is 13.2 Å². The summed E-state index contributed by atoms with van der Waals surface area (Å²) in [6.45, 7) is 2.23. The predicted molar refractivity (Wildman–Crippen MR) is 115 cm³/mol. The summed E-state index contributed by atoms with van der Waals surface area (Å²) in [5.74, 6) is 1.78. The molecule has 2 aliphatic rings. The molecular weight excluding hydrogens is 424 g/mol. The predicted octanol–water partition coefficient (Wildman–Crippen LogP) is 2.47. The molecule has 30 heavy (non-hydrogen) atoms. The van der Waals surface area contributed by atoms with E-state index in [0.717, 1.165) is 4.90 Å². The first-order chi connectivity index (χ1) is 14.5. The largest absolute Gasteiger partial charge is 0.486 e. The van der Waals surface area contributed by atoms with E-state index >= 15 is 0 Å². The van der Waals surface area contributed by atoms with Gasteiger partial charge in [-0.3, -0.25) is 4.79 Å². The van der Waals surface area contributed by atoms with Crippen LogP contribution in [0.5, 0.6) is 11.5 Å². The number of piperazine rings is 1. The van der Waals surface area contributed by atoms with Crippen molar-refractivity contribution in [3.05, 3.63) is 48.5 Å². The van der Waals surface area contributed by atoms with Gasteiger partial charge in [0, 0.05) is 49.3 Å². The summed E-state index contributed by atoms with van der Waals surface area (Å²) in [4.78, 5) is 15.6. The number of carbonyl (C=O) groups is 1. The summed E-state index contributed by atoms with van der Waals surface area (Å²) in [6.07, 6.45) is 0.439. The lowest BCUT2D eigenvalue weighted by atomic mass is 10.3. The minimum Gasteiger partial charge on any atom is -0.486 e. The standard InChI is InChI=1S/C21H24N2O5S2/c24-21(8-15-29-17-4-2-1-3-5-17)22-9-11-23(12-10-22)30(25,26)18-6-7-19-20(16-18)28-14-13-27-19/h1-7,16H,8-15H2. The van der Waals surface area contributed by atoms with Crippen LogP contribution in [0.3, 0.4) is 0 Å². The molecule has 160 valence electrons. The summed E-state index contributed by atoms with van der Waals surface area (Å²) < 4.78 is 38.4. The Morgan fingerprint density at radius 1 is 0.933 bits per heavy atom. The van der Waals surface area contributed by atoms with Crippen molar-refractivity contribution < 1.29 is 22.7 Å². The van der Waals surface area contributed by atoms with Crippen molar-refractivity contribution in [1.82, 2.24) is 9.21 Å². The number of carbonyl (C=O) groups excluding carboxylic acids is 1. The molecule has 1 fully saturated rings. The number of amides is 1. The number of nitrogens with zero attached hydrogens (tertiary/aromatic N) is 2. The number of benzene rings is 2. The second-order valence-corrected chi connectivity index (χ2v) is 10.1. The number of fused-ring (bicyclic) bond motifs is 1. The van der Waals surface area contributed by atoms with E-state index in [2.05, 4.69) is 0 Å². The van der Waals surface area contributed by atoms with E-state index in [-0.39, 0.29) is 23.9 Å². The Balaban J connectivity index is 1.30. The van der Waals surface area contributed by atoms with E-state index in [4.69, 9.17) is 9.47 Å². The molecule has 0 atom stereocenters. The van der Waals surface area contributed by atoms with Crippen LogP contribution in [0.15, 0.2) is 58.3 Å². The molecule has 0 aromatic heterocycles. The van der Waals surface area contributed by atoms with Crippen LogP contribution >= 0.6 is 11.8 Å². The van der Waals surface area contributed by atoms with Crippen LogP contribution in [0, 0.1) is 0 Å². The molecule has 2 heterocycles. The van der Waals surface area contributed by atoms with Gasteiger partial charge < -0.3 is 14.4 Å². The number of sulfonamides is 1. The molecule has 0 N–H and O–H groups in total. The molecule has 0 unspecified atom stereocenters. The number of thioether (sulfide) groups is 1. The van der Waals surface area contributed by atoms with Gasteiger partial charge in [-0.2, -0.15) is 4.31 Å². The second-order valence-electron chi connectivity index (χ2n) is 7.00. The van der Waals surface area contributed by atoms with Gasteiger partial charge in [-0.15, -0.1) is 11.8 Å². The maximum absolute atomic E-state index is 13.0. The van der Waals surface area contributed by atoms with Gasteiger partial charge in [0.05, 0.1) is 4.90 Å². The van der Waals surface area contributed by atoms with Crippen LogP contribution in [0.1, 0.15) is 6.42 Å². The molecule has 0 aliphatic carbocycles. The number of rotatable bonds is 6. The minimum absolute atomic E-state index is 0.0646. The average Bonchev–Trinajstić information content (AvgIpc) is 2.79. The Morgan fingerprint density at radius 3 is 2.37 bits per heavy atom. The maximum Gasteiger partial charge on any atom is 0.243 e. The van der Waals surface area contributed by atoms with Crippen molar-refractivity contribution in [2.75, 3.05) is 45.1 Å². The van der Waals surface area contributed by atoms with E-state index in [9.17, 15) is 13.2 Å². The zero-order valence-electron chi connectivity index (χ0n) is 16.5. The fourth-order valence-corrected chi connectivity index (χ4v) is 5.74. The molecule has 7 nitrogen and oxygen atoms in total. The van der Waals surface area contributed by atoms with Crippen molar-refractivity contribution in [2.45, 2.75) is 16.2 Å². The quantitative estimate of drug-likeness (QED) is 0.632. The van der Waals surface area contributed by atoms with E-state index in [1.54, 1.807) is 28.8 Å². The third kappa shape index (κ3) is 4.74. The van der Waals surface area contributed by atoms with Gasteiger partial charge in [0.15, 0.2) is 11.5 Å². The Morgan fingerprint density at radius 2 is 1.63 bits per heavy atom. The average molecular weight is 449 g/mol. The first-order valence-corrected chi connectivity index (χ1v) is 12.3. The Kier molecular flexibility index (Phi) is 6.50. The molecule has 2 aliphatic heterocycles. The maximum atomic E-state index is 13.0. The fourth-order valence-electron chi connectivity index (χ4n) is 3.44. The summed E-state index contributed by atoms with van der Waals surface area (Å²) in [6, 6.07) is 14.7. The first kappa shape index (κ1) is 21.0. The monoisotopic (exact) mass is 448 g/mol. The number of ether oxygens (including phenoxy) is 2. The molecule has 0 bridgehead atoms. The second kappa shape index (κ2) is 9.28. The highest BCUT2D eigenvalue weighted by Gasteiger charge is 2.31. The lowest BCUT2D eigenvalue weighted by Gasteiger charge is -2.34. The topological polar surface area (TPSA) is 76.2 Å². The fraction of sp³-hybridized carbons (Fsp3) is 0.381. The van der Waals surface area contributed by atoms with E-state index < -0.39 is 10.0 Å². The van der Waals surface area contributed by atoms with E-state index in [1.165, 1.54) is 10.4 Å². The SMILES string of the molecule is O=C(CCSc1ccccc1)N1CCN(S(=O)(=O)c2ccc3c(c2)OCCO3)CC1. The molecule has 1 saturated heterocycles. The summed E-state index contributed by atoms with van der Waals surface area (Å²) in [5, 5.41) is 0. The Labute approximate surface area is 181 Å². The van der Waals surface area contributed by atoms with Gasteiger partial charge in [0.25, 0.3) is 0 Å². The van der Waals surface area contributed by atoms with Gasteiger partial charge in [-0.1, -0.05) is 18.2 Å². The van der Waals surface area contributed by atoms with E-state index in [0.29, 0.717) is 50.0 Å². The highest BCUT2D eigenvalue weighted by molar-refractivity contribution is 7.99. The Bertz CT molecular complexity index is 990. The van der Waals surface area contributed by atoms with Crippen molar-refractivity contribution in [2.24, 2.45) is 0 Å². The molecule has 1 amide bonds. The minimum atomic E-state index is -3.64. The lowest BCUT2D eigenvalue weighted by molar-refractivity contribution is -0.131. The van der Waals surface area contributed by atoms with Crippen LogP contribution in [0.2, 0.25) is 0 Å². The van der Waals surface area contributed by atoms with Crippen LogP contribution < -0.4 is 9.47 Å². The van der Waals surface area contributed by atoms with E-state index in [1.807, 2.05) is 30.3 Å². The first-order valence-electron chi connectivity index (χ1n) is 9.89. The van der Waals surface area contributed by atoms with Crippen molar-refractivity contribution in [3.63, 3.8) is 0 Å². The van der Waals surface area contributed by atoms with Crippen molar-refractivity contribution in [3.8, 4) is 11.5 Å². The van der Waals surface area contributed by atoms with Crippen LogP contribution in [-0.2, 0) is 14.8 Å². The number of hydrogen-bond donors (Lipinski definition) is 0. The molecular formula is C21H24N2O5S2. The van der Waals surface area contributed by atoms with Crippen LogP contribution in [0.4, 0.5) is 0 Å². The lowest BCUT2D eigenvalue weighted by Crippen LogP contribution is -2.50. The van der Waals surface area contributed by atoms with Crippen molar-refractivity contribution >= 4 is 27.7 Å². The summed E-state index contributed by atoms with van der Waals surface area (Å²) in [5.41, 5.74) is 0. The molecule has 4 rings (SSSR count). The molecule has 2 aromatic rings. The highest BCUT2D eigenvalue weighted by Crippen LogP contribution is 2.33. The normalized spacial score (nSPS) is 17.0. The smallest absolute Gasteiger partial charge is 0.243 e. The molecule has 9 heteroatoms.